The van der Waals surface area contributed by atoms with Crippen molar-refractivity contribution < 1.29 is 4.52 Å². The quantitative estimate of drug-likeness (QED) is 0.740. The second-order valence-electron chi connectivity index (χ2n) is 4.95. The van der Waals surface area contributed by atoms with Gasteiger partial charge < -0.3 is 9.42 Å². The lowest BCUT2D eigenvalue weighted by Gasteiger charge is -2.17. The smallest absolute Gasteiger partial charge is 0.156 e. The van der Waals surface area contributed by atoms with Gasteiger partial charge in [0.25, 0.3) is 0 Å². The molecule has 0 N–H and O–H groups in total. The molecule has 0 unspecified atom stereocenters. The standard InChI is InChI=1S/C14H16N4OS/c1-8-5-11(19-17-8)6-18(4)13-12-9(2)10(3)20-14(12)16-7-15-13/h5,7H,6H2,1-4H3. The number of anilines is 1. The van der Waals surface area contributed by atoms with E-state index in [1.165, 1.54) is 10.4 Å². The van der Waals surface area contributed by atoms with E-state index in [0.717, 1.165) is 27.5 Å². The lowest BCUT2D eigenvalue weighted by atomic mass is 10.2. The van der Waals surface area contributed by atoms with Crippen molar-refractivity contribution in [1.82, 2.24) is 15.1 Å². The third-order valence-corrected chi connectivity index (χ3v) is 4.49. The number of rotatable bonds is 3. The summed E-state index contributed by atoms with van der Waals surface area (Å²) >= 11 is 1.71. The number of hydrogen-bond acceptors (Lipinski definition) is 6. The molecular formula is C14H16N4OS. The Morgan fingerprint density at radius 2 is 2.05 bits per heavy atom. The van der Waals surface area contributed by atoms with Gasteiger partial charge in [0.05, 0.1) is 17.6 Å². The Morgan fingerprint density at radius 1 is 1.25 bits per heavy atom. The highest BCUT2D eigenvalue weighted by Gasteiger charge is 2.16. The summed E-state index contributed by atoms with van der Waals surface area (Å²) in [5.41, 5.74) is 2.14. The average Bonchev–Trinajstić information content (AvgIpc) is 2.94. The van der Waals surface area contributed by atoms with Crippen LogP contribution in [0.2, 0.25) is 0 Å². The second-order valence-corrected chi connectivity index (χ2v) is 6.15. The molecule has 5 nitrogen and oxygen atoms in total. The number of aromatic nitrogens is 3. The van der Waals surface area contributed by atoms with Crippen molar-refractivity contribution in [2.24, 2.45) is 0 Å². The highest BCUT2D eigenvalue weighted by Crippen LogP contribution is 2.34. The van der Waals surface area contributed by atoms with E-state index >= 15 is 0 Å². The van der Waals surface area contributed by atoms with Gasteiger partial charge in [-0.15, -0.1) is 11.3 Å². The average molecular weight is 288 g/mol. The number of nitrogens with zero attached hydrogens (tertiary/aromatic N) is 4. The highest BCUT2D eigenvalue weighted by atomic mass is 32.1. The summed E-state index contributed by atoms with van der Waals surface area (Å²) in [5, 5.41) is 5.05. The maximum atomic E-state index is 5.27. The minimum absolute atomic E-state index is 0.640. The number of aryl methyl sites for hydroxylation is 3. The topological polar surface area (TPSA) is 55.1 Å². The molecule has 0 bridgehead atoms. The van der Waals surface area contributed by atoms with Gasteiger partial charge in [-0.3, -0.25) is 0 Å². The zero-order chi connectivity index (χ0) is 14.3. The molecule has 0 atom stereocenters. The first-order chi connectivity index (χ1) is 9.56. The van der Waals surface area contributed by atoms with Gasteiger partial charge in [0, 0.05) is 18.0 Å². The van der Waals surface area contributed by atoms with E-state index in [1.807, 2.05) is 20.0 Å². The van der Waals surface area contributed by atoms with Crippen molar-refractivity contribution in [3.63, 3.8) is 0 Å². The minimum atomic E-state index is 0.640. The van der Waals surface area contributed by atoms with Gasteiger partial charge in [-0.25, -0.2) is 9.97 Å². The molecule has 20 heavy (non-hydrogen) atoms. The Morgan fingerprint density at radius 3 is 2.75 bits per heavy atom. The molecule has 104 valence electrons. The lowest BCUT2D eigenvalue weighted by Crippen LogP contribution is -2.17. The first-order valence-electron chi connectivity index (χ1n) is 6.40. The maximum Gasteiger partial charge on any atom is 0.156 e. The number of hydrogen-bond donors (Lipinski definition) is 0. The van der Waals surface area contributed by atoms with E-state index in [-0.39, 0.29) is 0 Å². The molecular weight excluding hydrogens is 272 g/mol. The van der Waals surface area contributed by atoms with E-state index in [4.69, 9.17) is 4.52 Å². The Labute approximate surface area is 121 Å². The summed E-state index contributed by atoms with van der Waals surface area (Å²) in [6, 6.07) is 1.95. The Kier molecular flexibility index (Phi) is 3.17. The van der Waals surface area contributed by atoms with Crippen molar-refractivity contribution >= 4 is 27.4 Å². The monoisotopic (exact) mass is 288 g/mol. The van der Waals surface area contributed by atoms with Crippen LogP contribution in [-0.4, -0.2) is 22.2 Å². The van der Waals surface area contributed by atoms with Gasteiger partial charge in [-0.05, 0) is 26.3 Å². The van der Waals surface area contributed by atoms with E-state index in [0.29, 0.717) is 6.54 Å². The van der Waals surface area contributed by atoms with Crippen molar-refractivity contribution in [3.8, 4) is 0 Å². The molecule has 0 spiro atoms. The summed E-state index contributed by atoms with van der Waals surface area (Å²) in [6.45, 7) is 6.79. The molecule has 0 aliphatic heterocycles. The molecule has 0 aromatic carbocycles. The normalized spacial score (nSPS) is 11.2. The van der Waals surface area contributed by atoms with Gasteiger partial charge in [-0.1, -0.05) is 5.16 Å². The van der Waals surface area contributed by atoms with E-state index in [9.17, 15) is 0 Å². The first-order valence-corrected chi connectivity index (χ1v) is 7.22. The van der Waals surface area contributed by atoms with Crippen LogP contribution in [0.3, 0.4) is 0 Å². The van der Waals surface area contributed by atoms with Crippen LogP contribution < -0.4 is 4.90 Å². The van der Waals surface area contributed by atoms with Crippen LogP contribution in [-0.2, 0) is 6.54 Å². The Hall–Kier alpha value is -1.95. The van der Waals surface area contributed by atoms with Crippen LogP contribution in [0.25, 0.3) is 10.2 Å². The fourth-order valence-electron chi connectivity index (χ4n) is 2.25. The molecule has 0 aliphatic rings. The fraction of sp³-hybridized carbons (Fsp3) is 0.357. The third-order valence-electron chi connectivity index (χ3n) is 3.38. The maximum absolute atomic E-state index is 5.27. The van der Waals surface area contributed by atoms with Gasteiger partial charge in [-0.2, -0.15) is 0 Å². The molecule has 3 heterocycles. The Balaban J connectivity index is 2.01. The predicted molar refractivity (Wildman–Crippen MR) is 80.2 cm³/mol. The molecule has 6 heteroatoms. The fourth-order valence-corrected chi connectivity index (χ4v) is 3.24. The molecule has 3 aromatic rings. The number of thiophene rings is 1. The largest absolute Gasteiger partial charge is 0.359 e. The summed E-state index contributed by atoms with van der Waals surface area (Å²) < 4.78 is 5.27. The number of fused-ring (bicyclic) bond motifs is 1. The van der Waals surface area contributed by atoms with Crippen molar-refractivity contribution in [1.29, 1.82) is 0 Å². The van der Waals surface area contributed by atoms with Crippen LogP contribution in [0.15, 0.2) is 16.9 Å². The summed E-state index contributed by atoms with van der Waals surface area (Å²) in [4.78, 5) is 13.2. The second kappa shape index (κ2) is 4.86. The van der Waals surface area contributed by atoms with Gasteiger partial charge >= 0.3 is 0 Å². The molecule has 0 amide bonds. The summed E-state index contributed by atoms with van der Waals surface area (Å²) in [5.74, 6) is 1.77. The van der Waals surface area contributed by atoms with Crippen molar-refractivity contribution in [2.45, 2.75) is 27.3 Å². The molecule has 3 aromatic heterocycles. The minimum Gasteiger partial charge on any atom is -0.359 e. The van der Waals surface area contributed by atoms with Crippen LogP contribution in [0.5, 0.6) is 0 Å². The van der Waals surface area contributed by atoms with Gasteiger partial charge in [0.15, 0.2) is 5.76 Å². The van der Waals surface area contributed by atoms with Crippen LogP contribution in [0, 0.1) is 20.8 Å². The van der Waals surface area contributed by atoms with Crippen molar-refractivity contribution in [3.05, 3.63) is 34.3 Å². The zero-order valence-corrected chi connectivity index (χ0v) is 12.8. The molecule has 0 fully saturated rings. The van der Waals surface area contributed by atoms with Crippen LogP contribution in [0.1, 0.15) is 21.9 Å². The SMILES string of the molecule is Cc1cc(CN(C)c2ncnc3sc(C)c(C)c23)on1. The highest BCUT2D eigenvalue weighted by molar-refractivity contribution is 7.18. The zero-order valence-electron chi connectivity index (χ0n) is 12.0. The summed E-state index contributed by atoms with van der Waals surface area (Å²) in [7, 11) is 2.01. The predicted octanol–water partition coefficient (Wildman–Crippen LogP) is 3.24. The van der Waals surface area contributed by atoms with E-state index in [1.54, 1.807) is 17.7 Å². The molecule has 0 aliphatic carbocycles. The van der Waals surface area contributed by atoms with Crippen LogP contribution in [0.4, 0.5) is 5.82 Å². The lowest BCUT2D eigenvalue weighted by molar-refractivity contribution is 0.379. The van der Waals surface area contributed by atoms with Gasteiger partial charge in [0.2, 0.25) is 0 Å². The molecule has 3 rings (SSSR count). The summed E-state index contributed by atoms with van der Waals surface area (Å²) in [6.07, 6.45) is 1.62. The van der Waals surface area contributed by atoms with Gasteiger partial charge in [0.1, 0.15) is 17.0 Å². The molecule has 0 saturated carbocycles. The molecule has 0 radical (unpaired) electrons. The van der Waals surface area contributed by atoms with Crippen LogP contribution >= 0.6 is 11.3 Å². The first kappa shape index (κ1) is 13.1. The van der Waals surface area contributed by atoms with E-state index in [2.05, 4.69) is 33.9 Å². The van der Waals surface area contributed by atoms with E-state index < -0.39 is 0 Å². The Bertz CT molecular complexity index is 762. The molecule has 0 saturated heterocycles. The third kappa shape index (κ3) is 2.16. The van der Waals surface area contributed by atoms with Crippen molar-refractivity contribution in [2.75, 3.05) is 11.9 Å².